The van der Waals surface area contributed by atoms with E-state index in [1.54, 1.807) is 0 Å². The van der Waals surface area contributed by atoms with Gasteiger partial charge in [0.2, 0.25) is 0 Å². The number of nitrogens with zero attached hydrogens (tertiary/aromatic N) is 4. The summed E-state index contributed by atoms with van der Waals surface area (Å²) in [6.45, 7) is 5.51. The number of aryl methyl sites for hydroxylation is 2. The molecule has 2 N–H and O–H groups in total. The first-order valence-electron chi connectivity index (χ1n) is 6.60. The van der Waals surface area contributed by atoms with Crippen molar-refractivity contribution in [2.45, 2.75) is 33.5 Å². The quantitative estimate of drug-likeness (QED) is 0.801. The van der Waals surface area contributed by atoms with E-state index in [-0.39, 0.29) is 24.3 Å². The summed E-state index contributed by atoms with van der Waals surface area (Å²) in [5, 5.41) is 4.34. The van der Waals surface area contributed by atoms with E-state index in [2.05, 4.69) is 5.10 Å². The second-order valence-electron chi connectivity index (χ2n) is 4.60. The second kappa shape index (κ2) is 5.87. The van der Waals surface area contributed by atoms with E-state index >= 15 is 0 Å². The Labute approximate surface area is 116 Å². The summed E-state index contributed by atoms with van der Waals surface area (Å²) >= 11 is 0. The predicted octanol–water partition coefficient (Wildman–Crippen LogP) is -0.458. The molecule has 0 aliphatic carbocycles. The van der Waals surface area contributed by atoms with E-state index in [9.17, 15) is 9.59 Å². The van der Waals surface area contributed by atoms with Gasteiger partial charge in [-0.3, -0.25) is 18.6 Å². The van der Waals surface area contributed by atoms with Gasteiger partial charge in [-0.2, -0.15) is 5.10 Å². The molecule has 0 saturated carbocycles. The molecule has 0 saturated heterocycles. The predicted molar refractivity (Wildman–Crippen MR) is 75.8 cm³/mol. The number of aromatic nitrogens is 4. The summed E-state index contributed by atoms with van der Waals surface area (Å²) in [4.78, 5) is 23.9. The minimum absolute atomic E-state index is 0.227. The van der Waals surface area contributed by atoms with Crippen molar-refractivity contribution in [3.8, 4) is 0 Å². The number of hydrogen-bond donors (Lipinski definition) is 1. The molecule has 108 valence electrons. The van der Waals surface area contributed by atoms with Crippen molar-refractivity contribution >= 4 is 0 Å². The van der Waals surface area contributed by atoms with Crippen LogP contribution in [0.2, 0.25) is 0 Å². The van der Waals surface area contributed by atoms with Crippen LogP contribution in [-0.2, 0) is 19.6 Å². The Bertz CT molecular complexity index is 710. The molecule has 0 aromatic carbocycles. The van der Waals surface area contributed by atoms with Crippen molar-refractivity contribution in [2.24, 2.45) is 5.73 Å². The normalized spacial score (nSPS) is 10.9. The van der Waals surface area contributed by atoms with Gasteiger partial charge >= 0.3 is 5.69 Å². The van der Waals surface area contributed by atoms with E-state index in [4.69, 9.17) is 5.73 Å². The maximum absolute atomic E-state index is 12.2. The molecule has 7 nitrogen and oxygen atoms in total. The Balaban J connectivity index is 2.41. The molecule has 7 heteroatoms. The van der Waals surface area contributed by atoms with Gasteiger partial charge < -0.3 is 5.73 Å². The average molecular weight is 277 g/mol. The smallest absolute Gasteiger partial charge is 0.329 e. The van der Waals surface area contributed by atoms with Crippen molar-refractivity contribution in [1.82, 2.24) is 18.9 Å². The highest BCUT2D eigenvalue weighted by Gasteiger charge is 2.08. The number of rotatable bonds is 5. The largest absolute Gasteiger partial charge is 0.331 e. The first kappa shape index (κ1) is 14.3. The van der Waals surface area contributed by atoms with Crippen molar-refractivity contribution in [3.63, 3.8) is 0 Å². The SMILES string of the molecule is CCn1nc(C)cc1Cn1ccc(=O)n(CCN)c1=O. The highest BCUT2D eigenvalue weighted by Crippen LogP contribution is 2.04. The fourth-order valence-electron chi connectivity index (χ4n) is 2.19. The van der Waals surface area contributed by atoms with Crippen LogP contribution in [-0.4, -0.2) is 25.5 Å². The first-order chi connectivity index (χ1) is 9.56. The molecule has 2 heterocycles. The molecule has 0 radical (unpaired) electrons. The molecular weight excluding hydrogens is 258 g/mol. The van der Waals surface area contributed by atoms with Crippen LogP contribution < -0.4 is 17.0 Å². The van der Waals surface area contributed by atoms with Gasteiger partial charge in [-0.15, -0.1) is 0 Å². The lowest BCUT2D eigenvalue weighted by Gasteiger charge is -2.10. The topological polar surface area (TPSA) is 87.8 Å². The van der Waals surface area contributed by atoms with E-state index in [0.29, 0.717) is 6.54 Å². The third kappa shape index (κ3) is 2.72. The van der Waals surface area contributed by atoms with Gasteiger partial charge in [0, 0.05) is 31.9 Å². The zero-order valence-electron chi connectivity index (χ0n) is 11.7. The van der Waals surface area contributed by atoms with Crippen LogP contribution in [0, 0.1) is 6.92 Å². The van der Waals surface area contributed by atoms with E-state index < -0.39 is 0 Å². The van der Waals surface area contributed by atoms with Crippen LogP contribution in [0.25, 0.3) is 0 Å². The van der Waals surface area contributed by atoms with Crippen LogP contribution in [0.3, 0.4) is 0 Å². The van der Waals surface area contributed by atoms with Gasteiger partial charge in [-0.25, -0.2) is 4.79 Å². The van der Waals surface area contributed by atoms with Crippen molar-refractivity contribution < 1.29 is 0 Å². The number of nitrogens with two attached hydrogens (primary N) is 1. The molecule has 2 aromatic rings. The summed E-state index contributed by atoms with van der Waals surface area (Å²) in [7, 11) is 0. The van der Waals surface area contributed by atoms with Gasteiger partial charge in [-0.1, -0.05) is 0 Å². The minimum Gasteiger partial charge on any atom is -0.329 e. The maximum Gasteiger partial charge on any atom is 0.331 e. The van der Waals surface area contributed by atoms with Gasteiger partial charge in [0.25, 0.3) is 5.56 Å². The fourth-order valence-corrected chi connectivity index (χ4v) is 2.19. The average Bonchev–Trinajstić information content (AvgIpc) is 2.78. The molecule has 0 amide bonds. The first-order valence-corrected chi connectivity index (χ1v) is 6.60. The highest BCUT2D eigenvalue weighted by atomic mass is 16.2. The molecule has 2 rings (SSSR count). The van der Waals surface area contributed by atoms with Crippen molar-refractivity contribution in [1.29, 1.82) is 0 Å². The van der Waals surface area contributed by atoms with Crippen LogP contribution in [0.15, 0.2) is 27.9 Å². The lowest BCUT2D eigenvalue weighted by atomic mass is 10.3. The summed E-state index contributed by atoms with van der Waals surface area (Å²) in [5.74, 6) is 0. The molecule has 0 spiro atoms. The standard InChI is InChI=1S/C13H19N5O2/c1-3-18-11(8-10(2)15-18)9-16-6-4-12(19)17(7-5-14)13(16)20/h4,6,8H,3,5,7,9,14H2,1-2H3. The van der Waals surface area contributed by atoms with Crippen LogP contribution in [0.1, 0.15) is 18.3 Å². The minimum atomic E-state index is -0.343. The fraction of sp³-hybridized carbons (Fsp3) is 0.462. The Morgan fingerprint density at radius 2 is 2.10 bits per heavy atom. The summed E-state index contributed by atoms with van der Waals surface area (Å²) in [5.41, 5.74) is 6.61. The molecule has 0 atom stereocenters. The third-order valence-corrected chi connectivity index (χ3v) is 3.11. The Morgan fingerprint density at radius 3 is 2.75 bits per heavy atom. The van der Waals surface area contributed by atoms with Crippen LogP contribution >= 0.6 is 0 Å². The molecule has 20 heavy (non-hydrogen) atoms. The van der Waals surface area contributed by atoms with E-state index in [0.717, 1.165) is 22.5 Å². The molecule has 0 bridgehead atoms. The Morgan fingerprint density at radius 1 is 1.35 bits per heavy atom. The summed E-state index contributed by atoms with van der Waals surface area (Å²) in [6.07, 6.45) is 1.51. The second-order valence-corrected chi connectivity index (χ2v) is 4.60. The summed E-state index contributed by atoms with van der Waals surface area (Å²) in [6, 6.07) is 3.32. The van der Waals surface area contributed by atoms with Crippen LogP contribution in [0.4, 0.5) is 0 Å². The summed E-state index contributed by atoms with van der Waals surface area (Å²) < 4.78 is 4.50. The molecule has 0 unspecified atom stereocenters. The van der Waals surface area contributed by atoms with Crippen LogP contribution in [0.5, 0.6) is 0 Å². The molecule has 0 aliphatic heterocycles. The maximum atomic E-state index is 12.2. The van der Waals surface area contributed by atoms with E-state index in [1.165, 1.54) is 16.8 Å². The third-order valence-electron chi connectivity index (χ3n) is 3.11. The Kier molecular flexibility index (Phi) is 4.19. The number of hydrogen-bond acceptors (Lipinski definition) is 4. The monoisotopic (exact) mass is 277 g/mol. The lowest BCUT2D eigenvalue weighted by molar-refractivity contribution is 0.549. The zero-order valence-corrected chi connectivity index (χ0v) is 11.7. The zero-order chi connectivity index (χ0) is 14.7. The van der Waals surface area contributed by atoms with E-state index in [1.807, 2.05) is 24.6 Å². The Hall–Kier alpha value is -2.15. The molecular formula is C13H19N5O2. The molecule has 2 aromatic heterocycles. The van der Waals surface area contributed by atoms with Crippen molar-refractivity contribution in [3.05, 3.63) is 50.6 Å². The lowest BCUT2D eigenvalue weighted by Crippen LogP contribution is -2.40. The van der Waals surface area contributed by atoms with Gasteiger partial charge in [0.15, 0.2) is 0 Å². The molecule has 0 aliphatic rings. The van der Waals surface area contributed by atoms with Gasteiger partial charge in [0.1, 0.15) is 0 Å². The molecule has 0 fully saturated rings. The van der Waals surface area contributed by atoms with Crippen molar-refractivity contribution in [2.75, 3.05) is 6.54 Å². The highest BCUT2D eigenvalue weighted by molar-refractivity contribution is 5.09. The van der Waals surface area contributed by atoms with Gasteiger partial charge in [0.05, 0.1) is 17.9 Å². The van der Waals surface area contributed by atoms with Gasteiger partial charge in [-0.05, 0) is 19.9 Å².